The van der Waals surface area contributed by atoms with E-state index in [-0.39, 0.29) is 17.6 Å². The average Bonchev–Trinajstić information content (AvgIpc) is 3.06. The zero-order valence-electron chi connectivity index (χ0n) is 14.1. The van der Waals surface area contributed by atoms with Crippen molar-refractivity contribution in [2.24, 2.45) is 0 Å². The fourth-order valence-corrected chi connectivity index (χ4v) is 2.98. The first-order valence-corrected chi connectivity index (χ1v) is 8.20. The predicted octanol–water partition coefficient (Wildman–Crippen LogP) is 4.80. The van der Waals surface area contributed by atoms with E-state index in [1.807, 2.05) is 36.4 Å². The smallest absolute Gasteiger partial charge is 0.291 e. The number of benzene rings is 3. The number of fused-ring (bicyclic) bond motifs is 3. The monoisotopic (exact) mass is 344 g/mol. The number of hydrogen-bond donors (Lipinski definition) is 2. The molecule has 0 aliphatic heterocycles. The molecule has 0 aliphatic carbocycles. The second-order valence-electron chi connectivity index (χ2n) is 6.03. The van der Waals surface area contributed by atoms with Crippen molar-refractivity contribution in [3.05, 3.63) is 72.5 Å². The van der Waals surface area contributed by atoms with Crippen LogP contribution in [0.2, 0.25) is 0 Å². The van der Waals surface area contributed by atoms with Crippen molar-refractivity contribution in [2.45, 2.75) is 6.92 Å². The molecule has 5 heteroatoms. The molecule has 128 valence electrons. The van der Waals surface area contributed by atoms with Crippen molar-refractivity contribution in [3.8, 4) is 0 Å². The topological polar surface area (TPSA) is 71.3 Å². The van der Waals surface area contributed by atoms with Crippen LogP contribution in [0.15, 0.2) is 71.1 Å². The molecule has 2 N–H and O–H groups in total. The fourth-order valence-electron chi connectivity index (χ4n) is 2.98. The number of amides is 2. The lowest BCUT2D eigenvalue weighted by Gasteiger charge is -2.06. The maximum atomic E-state index is 12.6. The van der Waals surface area contributed by atoms with Crippen LogP contribution in [0.4, 0.5) is 11.4 Å². The summed E-state index contributed by atoms with van der Waals surface area (Å²) in [5.41, 5.74) is 1.86. The molecule has 26 heavy (non-hydrogen) atoms. The zero-order valence-corrected chi connectivity index (χ0v) is 14.1. The van der Waals surface area contributed by atoms with Gasteiger partial charge in [-0.2, -0.15) is 0 Å². The third-order valence-corrected chi connectivity index (χ3v) is 4.09. The van der Waals surface area contributed by atoms with Gasteiger partial charge in [0.25, 0.3) is 5.91 Å². The van der Waals surface area contributed by atoms with Gasteiger partial charge in [-0.25, -0.2) is 0 Å². The first-order chi connectivity index (χ1) is 12.6. The molecule has 0 unspecified atom stereocenters. The maximum Gasteiger partial charge on any atom is 0.291 e. The number of nitrogens with one attached hydrogen (secondary N) is 2. The summed E-state index contributed by atoms with van der Waals surface area (Å²) in [6.07, 6.45) is 0. The summed E-state index contributed by atoms with van der Waals surface area (Å²) in [4.78, 5) is 23.7. The van der Waals surface area contributed by atoms with Gasteiger partial charge in [-0.15, -0.1) is 0 Å². The summed E-state index contributed by atoms with van der Waals surface area (Å²) in [6.45, 7) is 1.43. The third-order valence-electron chi connectivity index (χ3n) is 4.09. The van der Waals surface area contributed by atoms with Crippen LogP contribution in [0.1, 0.15) is 17.5 Å². The number of carbonyl (C=O) groups excluding carboxylic acids is 2. The molecule has 5 nitrogen and oxygen atoms in total. The van der Waals surface area contributed by atoms with Gasteiger partial charge >= 0.3 is 0 Å². The minimum Gasteiger partial charge on any atom is -0.451 e. The predicted molar refractivity (Wildman–Crippen MR) is 102 cm³/mol. The molecule has 0 atom stereocenters. The van der Waals surface area contributed by atoms with Gasteiger partial charge in [0, 0.05) is 23.7 Å². The Bertz CT molecular complexity index is 1140. The van der Waals surface area contributed by atoms with E-state index in [1.165, 1.54) is 6.92 Å². The second kappa shape index (κ2) is 6.37. The summed E-state index contributed by atoms with van der Waals surface area (Å²) >= 11 is 0. The van der Waals surface area contributed by atoms with E-state index >= 15 is 0 Å². The van der Waals surface area contributed by atoms with Gasteiger partial charge in [-0.1, -0.05) is 36.4 Å². The van der Waals surface area contributed by atoms with Gasteiger partial charge in [0.2, 0.25) is 5.91 Å². The summed E-state index contributed by atoms with van der Waals surface area (Å²) in [5, 5.41) is 8.52. The summed E-state index contributed by atoms with van der Waals surface area (Å²) in [5.74, 6) is -0.274. The van der Waals surface area contributed by atoms with Crippen molar-refractivity contribution in [1.82, 2.24) is 0 Å². The molecule has 0 radical (unpaired) electrons. The van der Waals surface area contributed by atoms with E-state index in [2.05, 4.69) is 10.6 Å². The van der Waals surface area contributed by atoms with Crippen molar-refractivity contribution < 1.29 is 14.0 Å². The summed E-state index contributed by atoms with van der Waals surface area (Å²) < 4.78 is 5.72. The molecule has 0 bridgehead atoms. The Morgan fingerprint density at radius 3 is 2.38 bits per heavy atom. The molecule has 0 aliphatic rings. The molecule has 0 spiro atoms. The van der Waals surface area contributed by atoms with Gasteiger partial charge in [-0.3, -0.25) is 9.59 Å². The largest absolute Gasteiger partial charge is 0.451 e. The lowest BCUT2D eigenvalue weighted by atomic mass is 10.1. The van der Waals surface area contributed by atoms with Crippen LogP contribution in [-0.2, 0) is 4.79 Å². The molecule has 0 saturated carbocycles. The molecule has 4 rings (SSSR count). The Morgan fingerprint density at radius 2 is 1.58 bits per heavy atom. The van der Waals surface area contributed by atoms with Crippen LogP contribution in [-0.4, -0.2) is 11.8 Å². The normalized spacial score (nSPS) is 10.8. The summed E-state index contributed by atoms with van der Waals surface area (Å²) in [7, 11) is 0. The SMILES string of the molecule is CC(=O)Nc1cccc(NC(=O)c2cc3c(ccc4ccccc43)o2)c1. The Kier molecular flexibility index (Phi) is 3.89. The minimum absolute atomic E-state index is 0.169. The molecule has 0 fully saturated rings. The molecule has 3 aromatic carbocycles. The van der Waals surface area contributed by atoms with E-state index in [9.17, 15) is 9.59 Å². The van der Waals surface area contributed by atoms with Crippen LogP contribution in [0.25, 0.3) is 21.7 Å². The van der Waals surface area contributed by atoms with E-state index in [0.717, 1.165) is 16.2 Å². The number of carbonyl (C=O) groups is 2. The number of hydrogen-bond acceptors (Lipinski definition) is 3. The highest BCUT2D eigenvalue weighted by Gasteiger charge is 2.14. The molecule has 2 amide bonds. The van der Waals surface area contributed by atoms with Crippen molar-refractivity contribution in [3.63, 3.8) is 0 Å². The molecule has 4 aromatic rings. The van der Waals surface area contributed by atoms with Crippen molar-refractivity contribution >= 4 is 44.9 Å². The molecule has 0 saturated heterocycles. The Labute approximate surface area is 149 Å². The van der Waals surface area contributed by atoms with Crippen molar-refractivity contribution in [2.75, 3.05) is 10.6 Å². The van der Waals surface area contributed by atoms with Crippen LogP contribution < -0.4 is 10.6 Å². The van der Waals surface area contributed by atoms with Crippen LogP contribution in [0, 0.1) is 0 Å². The van der Waals surface area contributed by atoms with E-state index < -0.39 is 0 Å². The molecular formula is C21H16N2O3. The Morgan fingerprint density at radius 1 is 0.808 bits per heavy atom. The molecule has 1 heterocycles. The highest BCUT2D eigenvalue weighted by atomic mass is 16.3. The summed E-state index contributed by atoms with van der Waals surface area (Å²) in [6, 6.07) is 20.5. The highest BCUT2D eigenvalue weighted by molar-refractivity contribution is 6.11. The van der Waals surface area contributed by atoms with Crippen LogP contribution in [0.5, 0.6) is 0 Å². The van der Waals surface area contributed by atoms with Gasteiger partial charge in [-0.05, 0) is 41.1 Å². The highest BCUT2D eigenvalue weighted by Crippen LogP contribution is 2.28. The van der Waals surface area contributed by atoms with Gasteiger partial charge < -0.3 is 15.1 Å². The Balaban J connectivity index is 1.64. The number of furan rings is 1. The fraction of sp³-hybridized carbons (Fsp3) is 0.0476. The zero-order chi connectivity index (χ0) is 18.1. The number of rotatable bonds is 3. The van der Waals surface area contributed by atoms with E-state index in [1.54, 1.807) is 30.3 Å². The first kappa shape index (κ1) is 15.9. The minimum atomic E-state index is -0.342. The standard InChI is InChI=1S/C21H16N2O3/c1-13(24)22-15-6-4-7-16(11-15)23-21(25)20-12-18-17-8-3-2-5-14(17)9-10-19(18)26-20/h2-12H,1H3,(H,22,24)(H,23,25). The third kappa shape index (κ3) is 3.02. The quantitative estimate of drug-likeness (QED) is 0.561. The van der Waals surface area contributed by atoms with E-state index in [0.29, 0.717) is 17.0 Å². The average molecular weight is 344 g/mol. The molecule has 1 aromatic heterocycles. The lowest BCUT2D eigenvalue weighted by molar-refractivity contribution is -0.114. The first-order valence-electron chi connectivity index (χ1n) is 8.20. The van der Waals surface area contributed by atoms with Gasteiger partial charge in [0.15, 0.2) is 5.76 Å². The van der Waals surface area contributed by atoms with Crippen LogP contribution in [0.3, 0.4) is 0 Å². The Hall–Kier alpha value is -3.60. The van der Waals surface area contributed by atoms with Crippen LogP contribution >= 0.6 is 0 Å². The maximum absolute atomic E-state index is 12.6. The second-order valence-corrected chi connectivity index (χ2v) is 6.03. The van der Waals surface area contributed by atoms with Gasteiger partial charge in [0.05, 0.1) is 0 Å². The lowest BCUT2D eigenvalue weighted by Crippen LogP contribution is -2.11. The number of anilines is 2. The molecular weight excluding hydrogens is 328 g/mol. The van der Waals surface area contributed by atoms with Gasteiger partial charge in [0.1, 0.15) is 5.58 Å². The van der Waals surface area contributed by atoms with Crippen molar-refractivity contribution in [1.29, 1.82) is 0 Å². The van der Waals surface area contributed by atoms with E-state index in [4.69, 9.17) is 4.42 Å².